The summed E-state index contributed by atoms with van der Waals surface area (Å²) in [7, 11) is 1.53. The fourth-order valence-electron chi connectivity index (χ4n) is 2.89. The molecule has 8 heteroatoms. The number of amides is 1. The van der Waals surface area contributed by atoms with Crippen molar-refractivity contribution >= 4 is 52.5 Å². The van der Waals surface area contributed by atoms with Crippen LogP contribution in [0.15, 0.2) is 42.1 Å². The molecule has 1 saturated heterocycles. The van der Waals surface area contributed by atoms with Crippen molar-refractivity contribution in [1.29, 1.82) is 0 Å². The van der Waals surface area contributed by atoms with Gasteiger partial charge in [-0.1, -0.05) is 48.3 Å². The lowest BCUT2D eigenvalue weighted by Crippen LogP contribution is -2.31. The molecule has 1 amide bonds. The highest BCUT2D eigenvalue weighted by atomic mass is 35.5. The Balaban J connectivity index is 1.84. The number of thiocarbonyl (C=S) groups is 1. The molecule has 0 radical (unpaired) electrons. The number of benzene rings is 2. The molecule has 0 aliphatic carbocycles. The maximum Gasteiger partial charge on any atom is 0.276 e. The molecule has 0 bridgehead atoms. The summed E-state index contributed by atoms with van der Waals surface area (Å²) in [6.07, 6.45) is 2.51. The molecule has 0 spiro atoms. The molecule has 1 heterocycles. The first kappa shape index (κ1) is 21.4. The summed E-state index contributed by atoms with van der Waals surface area (Å²) in [5.74, 6) is 0.700. The van der Waals surface area contributed by atoms with Gasteiger partial charge in [-0.05, 0) is 48.5 Å². The number of nitrogens with one attached hydrogen (secondary N) is 1. The molecule has 1 fully saturated rings. The summed E-state index contributed by atoms with van der Waals surface area (Å²) in [4.78, 5) is 14.1. The van der Waals surface area contributed by atoms with E-state index in [4.69, 9.17) is 44.9 Å². The van der Waals surface area contributed by atoms with E-state index in [2.05, 4.69) is 5.32 Å². The lowest BCUT2D eigenvalue weighted by atomic mass is 10.1. The van der Waals surface area contributed by atoms with E-state index in [1.807, 2.05) is 25.1 Å². The summed E-state index contributed by atoms with van der Waals surface area (Å²) in [5, 5.41) is 4.33. The standard InChI is InChI=1S/C21H20Cl2N2O3S/c1-3-8-25-20(26)17(24-21(25)29)10-13-9-16(23)19(18(11-13)27-2)28-12-14-6-4-5-7-15(14)22/h4-7,9-11H,3,8,12H2,1-2H3,(H,24,29)/b17-10-. The van der Waals surface area contributed by atoms with Crippen LogP contribution in [0.1, 0.15) is 24.5 Å². The number of hydrogen-bond donors (Lipinski definition) is 1. The van der Waals surface area contributed by atoms with Crippen molar-refractivity contribution < 1.29 is 14.3 Å². The van der Waals surface area contributed by atoms with Crippen LogP contribution in [0.2, 0.25) is 10.0 Å². The summed E-state index contributed by atoms with van der Waals surface area (Å²) >= 11 is 17.9. The molecule has 1 aliphatic rings. The summed E-state index contributed by atoms with van der Waals surface area (Å²) in [6.45, 7) is 2.81. The topological polar surface area (TPSA) is 50.8 Å². The number of carbonyl (C=O) groups excluding carboxylic acids is 1. The van der Waals surface area contributed by atoms with Crippen molar-refractivity contribution in [2.24, 2.45) is 0 Å². The summed E-state index contributed by atoms with van der Waals surface area (Å²) < 4.78 is 11.3. The van der Waals surface area contributed by atoms with Gasteiger partial charge in [-0.15, -0.1) is 0 Å². The van der Waals surface area contributed by atoms with E-state index in [-0.39, 0.29) is 12.5 Å². The van der Waals surface area contributed by atoms with Gasteiger partial charge in [0.25, 0.3) is 5.91 Å². The fourth-order valence-corrected chi connectivity index (χ4v) is 3.64. The van der Waals surface area contributed by atoms with Crippen molar-refractivity contribution in [1.82, 2.24) is 10.2 Å². The van der Waals surface area contributed by atoms with Gasteiger partial charge >= 0.3 is 0 Å². The Morgan fingerprint density at radius 3 is 2.66 bits per heavy atom. The van der Waals surface area contributed by atoms with Crippen LogP contribution in [0, 0.1) is 0 Å². The van der Waals surface area contributed by atoms with E-state index in [1.165, 1.54) is 7.11 Å². The predicted molar refractivity (Wildman–Crippen MR) is 120 cm³/mol. The lowest BCUT2D eigenvalue weighted by molar-refractivity contribution is -0.122. The molecular formula is C21H20Cl2N2O3S. The zero-order valence-corrected chi connectivity index (χ0v) is 18.3. The minimum absolute atomic E-state index is 0.161. The normalized spacial score (nSPS) is 15.0. The number of halogens is 2. The van der Waals surface area contributed by atoms with E-state index in [9.17, 15) is 4.79 Å². The molecule has 0 unspecified atom stereocenters. The van der Waals surface area contributed by atoms with Crippen LogP contribution in [0.5, 0.6) is 11.5 Å². The summed E-state index contributed by atoms with van der Waals surface area (Å²) in [5.41, 5.74) is 1.92. The van der Waals surface area contributed by atoms with Crippen molar-refractivity contribution in [3.05, 3.63) is 63.3 Å². The average molecular weight is 451 g/mol. The Labute approximate surface area is 185 Å². The zero-order chi connectivity index (χ0) is 21.0. The Bertz CT molecular complexity index is 978. The first-order valence-corrected chi connectivity index (χ1v) is 10.2. The second-order valence-corrected chi connectivity index (χ2v) is 7.56. The SMILES string of the molecule is CCCN1C(=O)/C(=C/c2cc(Cl)c(OCc3ccccc3Cl)c(OC)c2)NC1=S. The van der Waals surface area contributed by atoms with Crippen LogP contribution >= 0.6 is 35.4 Å². The molecule has 152 valence electrons. The number of hydrogen-bond acceptors (Lipinski definition) is 4. The van der Waals surface area contributed by atoms with Crippen molar-refractivity contribution in [2.75, 3.05) is 13.7 Å². The van der Waals surface area contributed by atoms with Crippen LogP contribution in [0.25, 0.3) is 6.08 Å². The van der Waals surface area contributed by atoms with Crippen LogP contribution in [-0.2, 0) is 11.4 Å². The highest BCUT2D eigenvalue weighted by Gasteiger charge is 2.29. The Morgan fingerprint density at radius 1 is 1.21 bits per heavy atom. The molecule has 3 rings (SSSR count). The van der Waals surface area contributed by atoms with Crippen LogP contribution in [0.3, 0.4) is 0 Å². The highest BCUT2D eigenvalue weighted by Crippen LogP contribution is 2.38. The second kappa shape index (κ2) is 9.48. The largest absolute Gasteiger partial charge is 0.493 e. The molecular weight excluding hydrogens is 431 g/mol. The number of nitrogens with zero attached hydrogens (tertiary/aromatic N) is 1. The van der Waals surface area contributed by atoms with Gasteiger partial charge in [-0.3, -0.25) is 9.69 Å². The Kier molecular flexibility index (Phi) is 7.00. The maximum absolute atomic E-state index is 12.5. The van der Waals surface area contributed by atoms with Gasteiger partial charge in [0.05, 0.1) is 12.1 Å². The monoisotopic (exact) mass is 450 g/mol. The van der Waals surface area contributed by atoms with Crippen molar-refractivity contribution in [2.45, 2.75) is 20.0 Å². The molecule has 1 N–H and O–H groups in total. The Hall–Kier alpha value is -2.28. The highest BCUT2D eigenvalue weighted by molar-refractivity contribution is 7.80. The fraction of sp³-hybridized carbons (Fsp3) is 0.238. The lowest BCUT2D eigenvalue weighted by Gasteiger charge is -2.14. The molecule has 0 aromatic heterocycles. The van der Waals surface area contributed by atoms with Gasteiger partial charge in [0.1, 0.15) is 12.3 Å². The summed E-state index contributed by atoms with van der Waals surface area (Å²) in [6, 6.07) is 10.9. The minimum Gasteiger partial charge on any atom is -0.493 e. The van der Waals surface area contributed by atoms with E-state index in [0.717, 1.165) is 12.0 Å². The molecule has 5 nitrogen and oxygen atoms in total. The number of methoxy groups -OCH3 is 1. The maximum atomic E-state index is 12.5. The van der Waals surface area contributed by atoms with Gasteiger partial charge in [-0.25, -0.2) is 0 Å². The molecule has 1 aliphatic heterocycles. The van der Waals surface area contributed by atoms with Gasteiger partial charge < -0.3 is 14.8 Å². The smallest absolute Gasteiger partial charge is 0.276 e. The van der Waals surface area contributed by atoms with Crippen molar-refractivity contribution in [3.8, 4) is 11.5 Å². The van der Waals surface area contributed by atoms with Gasteiger partial charge in [0.2, 0.25) is 0 Å². The molecule has 29 heavy (non-hydrogen) atoms. The van der Waals surface area contributed by atoms with Gasteiger partial charge in [0.15, 0.2) is 16.6 Å². The van der Waals surface area contributed by atoms with E-state index < -0.39 is 0 Å². The first-order valence-electron chi connectivity index (χ1n) is 9.02. The molecule has 0 atom stereocenters. The quantitative estimate of drug-likeness (QED) is 0.472. The third kappa shape index (κ3) is 4.83. The third-order valence-electron chi connectivity index (χ3n) is 4.30. The molecule has 2 aromatic rings. The third-order valence-corrected chi connectivity index (χ3v) is 5.27. The molecule has 0 saturated carbocycles. The predicted octanol–water partition coefficient (Wildman–Crippen LogP) is 5.05. The zero-order valence-electron chi connectivity index (χ0n) is 16.0. The minimum atomic E-state index is -0.161. The second-order valence-electron chi connectivity index (χ2n) is 6.36. The van der Waals surface area contributed by atoms with E-state index in [1.54, 1.807) is 29.2 Å². The van der Waals surface area contributed by atoms with Gasteiger partial charge in [0, 0.05) is 17.1 Å². The number of carbonyl (C=O) groups is 1. The van der Waals surface area contributed by atoms with E-state index >= 15 is 0 Å². The Morgan fingerprint density at radius 2 is 1.97 bits per heavy atom. The van der Waals surface area contributed by atoms with Crippen LogP contribution < -0.4 is 14.8 Å². The van der Waals surface area contributed by atoms with Crippen LogP contribution in [-0.4, -0.2) is 29.6 Å². The van der Waals surface area contributed by atoms with Gasteiger partial charge in [-0.2, -0.15) is 0 Å². The van der Waals surface area contributed by atoms with Crippen LogP contribution in [0.4, 0.5) is 0 Å². The average Bonchev–Trinajstić information content (AvgIpc) is 2.95. The van der Waals surface area contributed by atoms with E-state index in [0.29, 0.717) is 44.5 Å². The number of ether oxygens (including phenoxy) is 2. The first-order chi connectivity index (χ1) is 13.9. The van der Waals surface area contributed by atoms with Crippen molar-refractivity contribution in [3.63, 3.8) is 0 Å². The number of rotatable bonds is 7. The molecule has 2 aromatic carbocycles.